The molecule has 0 radical (unpaired) electrons. The molecule has 0 saturated heterocycles. The SMILES string of the molecule is CCCC(CC(=O)O)Nc1nc(C(F)(F)F)ccc1C#N. The minimum Gasteiger partial charge on any atom is -0.481 e. The number of aliphatic carboxylic acids is 1. The maximum atomic E-state index is 12.6. The Bertz CT molecular complexity index is 553. The molecule has 1 aromatic rings. The monoisotopic (exact) mass is 301 g/mol. The second-order valence-corrected chi connectivity index (χ2v) is 4.43. The van der Waals surface area contributed by atoms with E-state index in [9.17, 15) is 18.0 Å². The Hall–Kier alpha value is -2.30. The summed E-state index contributed by atoms with van der Waals surface area (Å²) in [5.74, 6) is -1.32. The van der Waals surface area contributed by atoms with E-state index in [0.29, 0.717) is 12.8 Å². The quantitative estimate of drug-likeness (QED) is 0.843. The number of halogens is 3. The van der Waals surface area contributed by atoms with Gasteiger partial charge in [-0.25, -0.2) is 4.98 Å². The summed E-state index contributed by atoms with van der Waals surface area (Å²) < 4.78 is 37.9. The van der Waals surface area contributed by atoms with Gasteiger partial charge in [-0.1, -0.05) is 13.3 Å². The van der Waals surface area contributed by atoms with Crippen molar-refractivity contribution >= 4 is 11.8 Å². The van der Waals surface area contributed by atoms with Crippen LogP contribution in [0.1, 0.15) is 37.4 Å². The number of alkyl halides is 3. The molecule has 0 fully saturated rings. The number of nitrogens with zero attached hydrogens (tertiary/aromatic N) is 2. The lowest BCUT2D eigenvalue weighted by Crippen LogP contribution is -2.24. The third-order valence-electron chi connectivity index (χ3n) is 2.71. The molecule has 5 nitrogen and oxygen atoms in total. The fourth-order valence-corrected chi connectivity index (χ4v) is 1.80. The van der Waals surface area contributed by atoms with Gasteiger partial charge in [-0.2, -0.15) is 18.4 Å². The predicted octanol–water partition coefficient (Wildman–Crippen LogP) is 3.03. The van der Waals surface area contributed by atoms with E-state index in [1.807, 2.05) is 6.92 Å². The van der Waals surface area contributed by atoms with E-state index < -0.39 is 23.9 Å². The number of carbonyl (C=O) groups is 1. The average molecular weight is 301 g/mol. The Labute approximate surface area is 119 Å². The summed E-state index contributed by atoms with van der Waals surface area (Å²) in [4.78, 5) is 14.1. The molecular formula is C13H14F3N3O2. The minimum absolute atomic E-state index is 0.0607. The van der Waals surface area contributed by atoms with Crippen molar-refractivity contribution in [3.8, 4) is 6.07 Å². The molecule has 1 aromatic heterocycles. The Kier molecular flexibility index (Phi) is 5.52. The summed E-state index contributed by atoms with van der Waals surface area (Å²) in [6, 6.07) is 2.88. The number of carboxylic acid groups (broad SMARTS) is 1. The normalized spacial score (nSPS) is 12.5. The molecule has 0 aliphatic heterocycles. The summed E-state index contributed by atoms with van der Waals surface area (Å²) >= 11 is 0. The van der Waals surface area contributed by atoms with Gasteiger partial charge in [-0.15, -0.1) is 0 Å². The van der Waals surface area contributed by atoms with Gasteiger partial charge < -0.3 is 10.4 Å². The van der Waals surface area contributed by atoms with Crippen molar-refractivity contribution in [2.24, 2.45) is 0 Å². The second-order valence-electron chi connectivity index (χ2n) is 4.43. The van der Waals surface area contributed by atoms with Gasteiger partial charge in [-0.3, -0.25) is 4.79 Å². The number of anilines is 1. The standard InChI is InChI=1S/C13H14F3N3O2/c1-2-3-9(6-11(20)21)18-12-8(7-17)4-5-10(19-12)13(14,15)16/h4-5,9H,2-3,6H2,1H3,(H,18,19)(H,20,21). The first kappa shape index (κ1) is 16.8. The van der Waals surface area contributed by atoms with Crippen LogP contribution in [0.4, 0.5) is 19.0 Å². The number of carboxylic acids is 1. The van der Waals surface area contributed by atoms with Crippen LogP contribution in [0.3, 0.4) is 0 Å². The molecule has 0 aromatic carbocycles. The number of hydrogen-bond acceptors (Lipinski definition) is 4. The van der Waals surface area contributed by atoms with Crippen molar-refractivity contribution < 1.29 is 23.1 Å². The zero-order chi connectivity index (χ0) is 16.0. The first-order valence-electron chi connectivity index (χ1n) is 6.24. The predicted molar refractivity (Wildman–Crippen MR) is 68.5 cm³/mol. The Morgan fingerprint density at radius 3 is 2.67 bits per heavy atom. The molecule has 0 aliphatic rings. The van der Waals surface area contributed by atoms with Crippen LogP contribution in [0.15, 0.2) is 12.1 Å². The topological polar surface area (TPSA) is 86.0 Å². The van der Waals surface area contributed by atoms with Gasteiger partial charge in [0.15, 0.2) is 0 Å². The fraction of sp³-hybridized carbons (Fsp3) is 0.462. The minimum atomic E-state index is -4.63. The summed E-state index contributed by atoms with van der Waals surface area (Å²) in [5.41, 5.74) is -1.19. The van der Waals surface area contributed by atoms with E-state index >= 15 is 0 Å². The highest BCUT2D eigenvalue weighted by molar-refractivity contribution is 5.68. The molecular weight excluding hydrogens is 287 g/mol. The van der Waals surface area contributed by atoms with Gasteiger partial charge in [0.2, 0.25) is 0 Å². The molecule has 1 atom stereocenters. The lowest BCUT2D eigenvalue weighted by atomic mass is 10.1. The van der Waals surface area contributed by atoms with E-state index in [4.69, 9.17) is 10.4 Å². The Balaban J connectivity index is 3.08. The molecule has 0 amide bonds. The van der Waals surface area contributed by atoms with E-state index in [-0.39, 0.29) is 17.8 Å². The molecule has 0 bridgehead atoms. The Morgan fingerprint density at radius 1 is 1.52 bits per heavy atom. The number of pyridine rings is 1. The van der Waals surface area contributed by atoms with Crippen molar-refractivity contribution in [3.63, 3.8) is 0 Å². The van der Waals surface area contributed by atoms with Crippen LogP contribution in [0, 0.1) is 11.3 Å². The van der Waals surface area contributed by atoms with Gasteiger partial charge in [0.1, 0.15) is 17.6 Å². The third-order valence-corrected chi connectivity index (χ3v) is 2.71. The maximum absolute atomic E-state index is 12.6. The number of nitrogens with one attached hydrogen (secondary N) is 1. The summed E-state index contributed by atoms with van der Waals surface area (Å²) in [5, 5.41) is 20.3. The van der Waals surface area contributed by atoms with Crippen molar-refractivity contribution in [1.82, 2.24) is 4.98 Å². The van der Waals surface area contributed by atoms with E-state index in [0.717, 1.165) is 12.1 Å². The molecule has 0 aliphatic carbocycles. The third kappa shape index (κ3) is 4.95. The molecule has 114 valence electrons. The highest BCUT2D eigenvalue weighted by atomic mass is 19.4. The van der Waals surface area contributed by atoms with Gasteiger partial charge in [0.25, 0.3) is 0 Å². The highest BCUT2D eigenvalue weighted by Gasteiger charge is 2.33. The molecule has 2 N–H and O–H groups in total. The van der Waals surface area contributed by atoms with E-state index in [1.165, 1.54) is 0 Å². The first-order chi connectivity index (χ1) is 9.77. The van der Waals surface area contributed by atoms with Crippen LogP contribution in [0.5, 0.6) is 0 Å². The molecule has 1 rings (SSSR count). The van der Waals surface area contributed by atoms with Crippen LogP contribution in [0.25, 0.3) is 0 Å². The van der Waals surface area contributed by atoms with E-state index in [1.54, 1.807) is 6.07 Å². The number of hydrogen-bond donors (Lipinski definition) is 2. The number of nitriles is 1. The van der Waals surface area contributed by atoms with Crippen molar-refractivity contribution in [2.75, 3.05) is 5.32 Å². The molecule has 0 saturated carbocycles. The molecule has 21 heavy (non-hydrogen) atoms. The zero-order valence-corrected chi connectivity index (χ0v) is 11.2. The largest absolute Gasteiger partial charge is 0.481 e. The van der Waals surface area contributed by atoms with Crippen LogP contribution < -0.4 is 5.32 Å². The van der Waals surface area contributed by atoms with Crippen LogP contribution in [-0.2, 0) is 11.0 Å². The van der Waals surface area contributed by atoms with Gasteiger partial charge in [0, 0.05) is 6.04 Å². The lowest BCUT2D eigenvalue weighted by Gasteiger charge is -2.18. The zero-order valence-electron chi connectivity index (χ0n) is 11.2. The Morgan fingerprint density at radius 2 is 2.19 bits per heavy atom. The number of rotatable bonds is 6. The lowest BCUT2D eigenvalue weighted by molar-refractivity contribution is -0.141. The molecule has 0 spiro atoms. The van der Waals surface area contributed by atoms with Gasteiger partial charge in [-0.05, 0) is 18.6 Å². The van der Waals surface area contributed by atoms with Crippen molar-refractivity contribution in [3.05, 3.63) is 23.4 Å². The van der Waals surface area contributed by atoms with E-state index in [2.05, 4.69) is 10.3 Å². The average Bonchev–Trinajstić information content (AvgIpc) is 2.37. The van der Waals surface area contributed by atoms with Gasteiger partial charge >= 0.3 is 12.1 Å². The summed E-state index contributed by atoms with van der Waals surface area (Å²) in [6.45, 7) is 1.82. The molecule has 8 heteroatoms. The molecule has 1 unspecified atom stereocenters. The van der Waals surface area contributed by atoms with Crippen LogP contribution in [0.2, 0.25) is 0 Å². The van der Waals surface area contributed by atoms with Crippen molar-refractivity contribution in [1.29, 1.82) is 5.26 Å². The second kappa shape index (κ2) is 6.92. The molecule has 1 heterocycles. The smallest absolute Gasteiger partial charge is 0.433 e. The fourth-order valence-electron chi connectivity index (χ4n) is 1.80. The number of aromatic nitrogens is 1. The van der Waals surface area contributed by atoms with Gasteiger partial charge in [0.05, 0.1) is 12.0 Å². The maximum Gasteiger partial charge on any atom is 0.433 e. The first-order valence-corrected chi connectivity index (χ1v) is 6.24. The highest BCUT2D eigenvalue weighted by Crippen LogP contribution is 2.29. The summed E-state index contributed by atoms with van der Waals surface area (Å²) in [6.07, 6.45) is -3.81. The van der Waals surface area contributed by atoms with Crippen molar-refractivity contribution in [2.45, 2.75) is 38.4 Å². The van der Waals surface area contributed by atoms with Crippen LogP contribution in [-0.4, -0.2) is 22.1 Å². The van der Waals surface area contributed by atoms with Crippen LogP contribution >= 0.6 is 0 Å². The summed E-state index contributed by atoms with van der Waals surface area (Å²) in [7, 11) is 0.